The molecule has 29 heavy (non-hydrogen) atoms. The number of rotatable bonds is 7. The molecule has 0 spiro atoms. The lowest BCUT2D eigenvalue weighted by Crippen LogP contribution is -2.30. The van der Waals surface area contributed by atoms with Gasteiger partial charge in [-0.05, 0) is 54.5 Å². The van der Waals surface area contributed by atoms with E-state index in [1.807, 2.05) is 36.4 Å². The van der Waals surface area contributed by atoms with Crippen molar-refractivity contribution in [2.45, 2.75) is 25.7 Å². The SMILES string of the molecule is N#Cc1c(OCC(=O)NCCc2ccccc2)nc(-c2ccco2)c2c1CCC2. The van der Waals surface area contributed by atoms with Gasteiger partial charge in [-0.1, -0.05) is 30.3 Å². The number of amides is 1. The molecule has 1 amide bonds. The minimum absolute atomic E-state index is 0.188. The van der Waals surface area contributed by atoms with Crippen LogP contribution in [0, 0.1) is 11.3 Å². The van der Waals surface area contributed by atoms with Crippen molar-refractivity contribution in [3.8, 4) is 23.4 Å². The highest BCUT2D eigenvalue weighted by Gasteiger charge is 2.26. The number of fused-ring (bicyclic) bond motifs is 1. The first-order valence-electron chi connectivity index (χ1n) is 9.69. The van der Waals surface area contributed by atoms with Crippen LogP contribution in [-0.2, 0) is 24.1 Å². The lowest BCUT2D eigenvalue weighted by molar-refractivity contribution is -0.123. The molecule has 6 nitrogen and oxygen atoms in total. The van der Waals surface area contributed by atoms with Crippen LogP contribution in [0.15, 0.2) is 53.1 Å². The normalized spacial score (nSPS) is 12.2. The predicted molar refractivity (Wildman–Crippen MR) is 107 cm³/mol. The minimum Gasteiger partial charge on any atom is -0.467 e. The maximum atomic E-state index is 12.2. The monoisotopic (exact) mass is 387 g/mol. The van der Waals surface area contributed by atoms with Crippen LogP contribution in [0.2, 0.25) is 0 Å². The van der Waals surface area contributed by atoms with Gasteiger partial charge < -0.3 is 14.5 Å². The Bertz CT molecular complexity index is 1040. The molecule has 2 aromatic heterocycles. The van der Waals surface area contributed by atoms with Gasteiger partial charge in [-0.3, -0.25) is 4.79 Å². The molecule has 1 N–H and O–H groups in total. The molecule has 1 aromatic carbocycles. The minimum atomic E-state index is -0.244. The summed E-state index contributed by atoms with van der Waals surface area (Å²) in [5.41, 5.74) is 4.26. The highest BCUT2D eigenvalue weighted by molar-refractivity contribution is 5.77. The molecule has 1 aliphatic carbocycles. The van der Waals surface area contributed by atoms with E-state index in [9.17, 15) is 10.1 Å². The number of furan rings is 1. The number of nitrogens with zero attached hydrogens (tertiary/aromatic N) is 2. The number of nitrogens with one attached hydrogen (secondary N) is 1. The molecule has 0 saturated carbocycles. The van der Waals surface area contributed by atoms with Crippen LogP contribution < -0.4 is 10.1 Å². The van der Waals surface area contributed by atoms with Gasteiger partial charge in [0.25, 0.3) is 5.91 Å². The largest absolute Gasteiger partial charge is 0.467 e. The molecule has 1 aliphatic rings. The van der Waals surface area contributed by atoms with Gasteiger partial charge in [-0.25, -0.2) is 4.98 Å². The molecular weight excluding hydrogens is 366 g/mol. The van der Waals surface area contributed by atoms with E-state index in [-0.39, 0.29) is 18.4 Å². The van der Waals surface area contributed by atoms with E-state index in [0.717, 1.165) is 42.4 Å². The summed E-state index contributed by atoms with van der Waals surface area (Å²) in [5, 5.41) is 12.5. The highest BCUT2D eigenvalue weighted by atomic mass is 16.5. The molecule has 6 heteroatoms. The van der Waals surface area contributed by atoms with Crippen molar-refractivity contribution < 1.29 is 13.9 Å². The lowest BCUT2D eigenvalue weighted by Gasteiger charge is -2.13. The van der Waals surface area contributed by atoms with Gasteiger partial charge in [-0.15, -0.1) is 0 Å². The topological polar surface area (TPSA) is 88.1 Å². The first-order chi connectivity index (χ1) is 14.3. The summed E-state index contributed by atoms with van der Waals surface area (Å²) in [6.07, 6.45) is 4.96. The summed E-state index contributed by atoms with van der Waals surface area (Å²) in [6.45, 7) is 0.333. The molecule has 146 valence electrons. The molecule has 0 aliphatic heterocycles. The van der Waals surface area contributed by atoms with Gasteiger partial charge in [0, 0.05) is 6.54 Å². The zero-order chi connectivity index (χ0) is 20.1. The van der Waals surface area contributed by atoms with Crippen LogP contribution in [0.1, 0.15) is 28.7 Å². The number of aromatic nitrogens is 1. The van der Waals surface area contributed by atoms with Crippen LogP contribution in [0.5, 0.6) is 5.88 Å². The molecule has 4 rings (SSSR count). The number of carbonyl (C=O) groups excluding carboxylic acids is 1. The summed E-state index contributed by atoms with van der Waals surface area (Å²) >= 11 is 0. The lowest BCUT2D eigenvalue weighted by atomic mass is 10.0. The number of pyridine rings is 1. The van der Waals surface area contributed by atoms with Crippen LogP contribution >= 0.6 is 0 Å². The van der Waals surface area contributed by atoms with Gasteiger partial charge >= 0.3 is 0 Å². The Morgan fingerprint density at radius 1 is 1.17 bits per heavy atom. The number of nitriles is 1. The molecule has 0 radical (unpaired) electrons. The second-order valence-corrected chi connectivity index (χ2v) is 6.91. The molecule has 0 saturated heterocycles. The van der Waals surface area contributed by atoms with Crippen molar-refractivity contribution in [2.24, 2.45) is 0 Å². The molecule has 3 aromatic rings. The first-order valence-corrected chi connectivity index (χ1v) is 9.69. The van der Waals surface area contributed by atoms with E-state index in [1.165, 1.54) is 0 Å². The fraction of sp³-hybridized carbons (Fsp3) is 0.261. The smallest absolute Gasteiger partial charge is 0.258 e. The third-order valence-electron chi connectivity index (χ3n) is 5.02. The van der Waals surface area contributed by atoms with Crippen molar-refractivity contribution in [1.29, 1.82) is 5.26 Å². The quantitative estimate of drug-likeness (QED) is 0.671. The zero-order valence-corrected chi connectivity index (χ0v) is 16.0. The Kier molecular flexibility index (Phi) is 5.57. The molecule has 0 fully saturated rings. The first kappa shape index (κ1) is 18.8. The standard InChI is InChI=1S/C23H21N3O3/c24-14-19-17-8-4-9-18(17)22(20-10-5-13-28-20)26-23(19)29-15-21(27)25-12-11-16-6-2-1-3-7-16/h1-3,5-7,10,13H,4,8-9,11-12,15H2,(H,25,27). The fourth-order valence-electron chi connectivity index (χ4n) is 3.65. The van der Waals surface area contributed by atoms with Gasteiger partial charge in [0.15, 0.2) is 12.4 Å². The Labute approximate surface area is 169 Å². The van der Waals surface area contributed by atoms with E-state index in [2.05, 4.69) is 16.4 Å². The van der Waals surface area contributed by atoms with E-state index in [1.54, 1.807) is 12.3 Å². The molecule has 0 bridgehead atoms. The predicted octanol–water partition coefficient (Wildman–Crippen LogP) is 3.44. The van der Waals surface area contributed by atoms with Crippen molar-refractivity contribution >= 4 is 5.91 Å². The van der Waals surface area contributed by atoms with Crippen molar-refractivity contribution in [1.82, 2.24) is 10.3 Å². The zero-order valence-electron chi connectivity index (χ0n) is 16.0. The Morgan fingerprint density at radius 2 is 2.00 bits per heavy atom. The number of ether oxygens (including phenoxy) is 1. The Morgan fingerprint density at radius 3 is 2.76 bits per heavy atom. The number of hydrogen-bond acceptors (Lipinski definition) is 5. The maximum absolute atomic E-state index is 12.2. The summed E-state index contributed by atoms with van der Waals surface area (Å²) in [7, 11) is 0. The van der Waals surface area contributed by atoms with Gasteiger partial charge in [0.05, 0.1) is 6.26 Å². The second kappa shape index (κ2) is 8.61. The molecule has 0 unspecified atom stereocenters. The Balaban J connectivity index is 1.45. The van der Waals surface area contributed by atoms with Gasteiger partial charge in [0.1, 0.15) is 17.3 Å². The third kappa shape index (κ3) is 4.14. The van der Waals surface area contributed by atoms with Crippen molar-refractivity contribution in [3.63, 3.8) is 0 Å². The molecule has 2 heterocycles. The summed E-state index contributed by atoms with van der Waals surface area (Å²) in [4.78, 5) is 16.7. The molecular formula is C23H21N3O3. The fourth-order valence-corrected chi connectivity index (χ4v) is 3.65. The summed E-state index contributed by atoms with van der Waals surface area (Å²) in [6, 6.07) is 15.8. The van der Waals surface area contributed by atoms with E-state index in [4.69, 9.17) is 9.15 Å². The molecule has 0 atom stereocenters. The average Bonchev–Trinajstić information content (AvgIpc) is 3.44. The van der Waals surface area contributed by atoms with Crippen LogP contribution in [0.25, 0.3) is 11.5 Å². The van der Waals surface area contributed by atoms with E-state index < -0.39 is 0 Å². The number of hydrogen-bond donors (Lipinski definition) is 1. The van der Waals surface area contributed by atoms with Crippen LogP contribution in [0.4, 0.5) is 0 Å². The van der Waals surface area contributed by atoms with Crippen molar-refractivity contribution in [3.05, 3.63) is 71.0 Å². The van der Waals surface area contributed by atoms with Crippen LogP contribution in [0.3, 0.4) is 0 Å². The van der Waals surface area contributed by atoms with Crippen molar-refractivity contribution in [2.75, 3.05) is 13.2 Å². The second-order valence-electron chi connectivity index (χ2n) is 6.91. The average molecular weight is 387 g/mol. The summed E-state index contributed by atoms with van der Waals surface area (Å²) < 4.78 is 11.2. The highest BCUT2D eigenvalue weighted by Crippen LogP contribution is 2.37. The third-order valence-corrected chi connectivity index (χ3v) is 5.02. The van der Waals surface area contributed by atoms with Crippen LogP contribution in [-0.4, -0.2) is 24.0 Å². The Hall–Kier alpha value is -3.59. The number of benzene rings is 1. The number of carbonyl (C=O) groups is 1. The van der Waals surface area contributed by atoms with Gasteiger partial charge in [0.2, 0.25) is 5.88 Å². The van der Waals surface area contributed by atoms with E-state index in [0.29, 0.717) is 23.6 Å². The maximum Gasteiger partial charge on any atom is 0.258 e. The summed E-state index contributed by atoms with van der Waals surface area (Å²) in [5.74, 6) is 0.592. The van der Waals surface area contributed by atoms with Gasteiger partial charge in [-0.2, -0.15) is 5.26 Å². The van der Waals surface area contributed by atoms with E-state index >= 15 is 0 Å².